The molecule has 0 amide bonds. The minimum absolute atomic E-state index is 0.105. The van der Waals surface area contributed by atoms with Crippen molar-refractivity contribution in [3.8, 4) is 11.5 Å². The van der Waals surface area contributed by atoms with Crippen molar-refractivity contribution in [3.63, 3.8) is 0 Å². The molecule has 152 valence electrons. The summed E-state index contributed by atoms with van der Waals surface area (Å²) in [5, 5.41) is 0. The number of rotatable bonds is 6. The summed E-state index contributed by atoms with van der Waals surface area (Å²) in [6.45, 7) is 4.30. The van der Waals surface area contributed by atoms with Crippen molar-refractivity contribution in [2.75, 3.05) is 33.9 Å². The first-order valence-electron chi connectivity index (χ1n) is 10.0. The molecule has 1 aromatic heterocycles. The molecule has 2 aromatic carbocycles. The molecule has 4 rings (SSSR count). The molecule has 0 N–H and O–H groups in total. The minimum atomic E-state index is 0.105. The van der Waals surface area contributed by atoms with E-state index in [2.05, 4.69) is 34.6 Å². The summed E-state index contributed by atoms with van der Waals surface area (Å²) in [5.41, 5.74) is 2.90. The molecule has 3 aromatic rings. The van der Waals surface area contributed by atoms with Crippen LogP contribution in [0.25, 0.3) is 11.0 Å². The standard InChI is InChI=1S/C23H27N3O3/c1-16-24-19-6-4-5-7-20(19)26(16)18-10-12-25(13-11-18)15-21(27)17-8-9-22(28-2)23(14-17)29-3/h4-9,14,18H,10-13,15H2,1-3H3. The van der Waals surface area contributed by atoms with Gasteiger partial charge in [-0.2, -0.15) is 0 Å². The molecule has 0 aliphatic carbocycles. The van der Waals surface area contributed by atoms with Crippen molar-refractivity contribution in [2.45, 2.75) is 25.8 Å². The van der Waals surface area contributed by atoms with Gasteiger partial charge in [-0.25, -0.2) is 4.98 Å². The summed E-state index contributed by atoms with van der Waals surface area (Å²) >= 11 is 0. The Hall–Kier alpha value is -2.86. The lowest BCUT2D eigenvalue weighted by Crippen LogP contribution is -2.38. The highest BCUT2D eigenvalue weighted by Crippen LogP contribution is 2.30. The summed E-state index contributed by atoms with van der Waals surface area (Å²) in [6, 6.07) is 14.1. The number of ketones is 1. The molecule has 6 heteroatoms. The zero-order valence-electron chi connectivity index (χ0n) is 17.2. The van der Waals surface area contributed by atoms with Gasteiger partial charge in [0.2, 0.25) is 0 Å². The number of imidazole rings is 1. The number of hydrogen-bond donors (Lipinski definition) is 0. The van der Waals surface area contributed by atoms with Gasteiger partial charge in [0.05, 0.1) is 31.8 Å². The first-order chi connectivity index (χ1) is 14.1. The third-order valence-corrected chi connectivity index (χ3v) is 5.77. The van der Waals surface area contributed by atoms with E-state index < -0.39 is 0 Å². The van der Waals surface area contributed by atoms with E-state index in [4.69, 9.17) is 14.5 Å². The van der Waals surface area contributed by atoms with Gasteiger partial charge in [0.1, 0.15) is 5.82 Å². The lowest BCUT2D eigenvalue weighted by molar-refractivity contribution is 0.0898. The van der Waals surface area contributed by atoms with E-state index in [9.17, 15) is 4.79 Å². The summed E-state index contributed by atoms with van der Waals surface area (Å²) < 4.78 is 12.9. The average Bonchev–Trinajstić information content (AvgIpc) is 3.09. The monoisotopic (exact) mass is 393 g/mol. The number of likely N-dealkylation sites (tertiary alicyclic amines) is 1. The van der Waals surface area contributed by atoms with Crippen LogP contribution >= 0.6 is 0 Å². The van der Waals surface area contributed by atoms with Crippen LogP contribution < -0.4 is 9.47 Å². The molecule has 0 saturated carbocycles. The number of methoxy groups -OCH3 is 2. The van der Waals surface area contributed by atoms with E-state index in [0.29, 0.717) is 29.6 Å². The van der Waals surface area contributed by atoms with Gasteiger partial charge in [-0.15, -0.1) is 0 Å². The lowest BCUT2D eigenvalue weighted by Gasteiger charge is -2.33. The minimum Gasteiger partial charge on any atom is -0.493 e. The molecule has 2 heterocycles. The summed E-state index contributed by atoms with van der Waals surface area (Å²) in [4.78, 5) is 19.7. The molecule has 0 atom stereocenters. The number of benzene rings is 2. The summed E-state index contributed by atoms with van der Waals surface area (Å²) in [7, 11) is 3.17. The van der Waals surface area contributed by atoms with Gasteiger partial charge in [0, 0.05) is 24.7 Å². The van der Waals surface area contributed by atoms with Crippen LogP contribution in [0.5, 0.6) is 11.5 Å². The van der Waals surface area contributed by atoms with Crippen molar-refractivity contribution in [1.29, 1.82) is 0 Å². The fraction of sp³-hybridized carbons (Fsp3) is 0.391. The van der Waals surface area contributed by atoms with Crippen molar-refractivity contribution in [2.24, 2.45) is 0 Å². The molecule has 0 radical (unpaired) electrons. The maximum atomic E-state index is 12.8. The van der Waals surface area contributed by atoms with Gasteiger partial charge in [0.25, 0.3) is 0 Å². The molecule has 1 saturated heterocycles. The highest BCUT2D eigenvalue weighted by molar-refractivity contribution is 5.98. The van der Waals surface area contributed by atoms with Crippen LogP contribution in [0.4, 0.5) is 0 Å². The molecule has 1 aliphatic rings. The maximum Gasteiger partial charge on any atom is 0.176 e. The van der Waals surface area contributed by atoms with Crippen molar-refractivity contribution >= 4 is 16.8 Å². The molecule has 0 unspecified atom stereocenters. The van der Waals surface area contributed by atoms with Crippen molar-refractivity contribution in [1.82, 2.24) is 14.5 Å². The number of nitrogens with zero attached hydrogens (tertiary/aromatic N) is 3. The SMILES string of the molecule is COc1ccc(C(=O)CN2CCC(n3c(C)nc4ccccc43)CC2)cc1OC. The Bertz CT molecular complexity index is 1020. The van der Waals surface area contributed by atoms with Crippen LogP contribution in [0.1, 0.15) is 35.1 Å². The Kier molecular flexibility index (Phi) is 5.53. The van der Waals surface area contributed by atoms with E-state index >= 15 is 0 Å². The number of aromatic nitrogens is 2. The fourth-order valence-electron chi connectivity index (χ4n) is 4.27. The quantitative estimate of drug-likeness (QED) is 0.595. The molecule has 29 heavy (non-hydrogen) atoms. The third kappa shape index (κ3) is 3.85. The average molecular weight is 393 g/mol. The second-order valence-electron chi connectivity index (χ2n) is 7.52. The second-order valence-corrected chi connectivity index (χ2v) is 7.52. The first-order valence-corrected chi connectivity index (χ1v) is 10.0. The number of carbonyl (C=O) groups excluding carboxylic acids is 1. The van der Waals surface area contributed by atoms with E-state index in [0.717, 1.165) is 37.3 Å². The Labute approximate surface area is 171 Å². The van der Waals surface area contributed by atoms with E-state index in [1.165, 1.54) is 5.52 Å². The number of ether oxygens (including phenoxy) is 2. The van der Waals surface area contributed by atoms with Gasteiger partial charge in [-0.1, -0.05) is 12.1 Å². The Morgan fingerprint density at radius 1 is 1.07 bits per heavy atom. The Balaban J connectivity index is 1.41. The number of para-hydroxylation sites is 2. The van der Waals surface area contributed by atoms with Crippen LogP contribution in [0.15, 0.2) is 42.5 Å². The van der Waals surface area contributed by atoms with Crippen molar-refractivity contribution < 1.29 is 14.3 Å². The highest BCUT2D eigenvalue weighted by atomic mass is 16.5. The number of carbonyl (C=O) groups is 1. The van der Waals surface area contributed by atoms with Crippen LogP contribution in [0.3, 0.4) is 0 Å². The number of hydrogen-bond acceptors (Lipinski definition) is 5. The van der Waals surface area contributed by atoms with Gasteiger partial charge in [0.15, 0.2) is 17.3 Å². The second kappa shape index (κ2) is 8.25. The molecule has 1 aliphatic heterocycles. The Morgan fingerprint density at radius 3 is 2.52 bits per heavy atom. The summed E-state index contributed by atoms with van der Waals surface area (Å²) in [6.07, 6.45) is 2.03. The predicted octanol–water partition coefficient (Wildman–Crippen LogP) is 3.88. The zero-order valence-corrected chi connectivity index (χ0v) is 17.2. The zero-order chi connectivity index (χ0) is 20.4. The normalized spacial score (nSPS) is 15.6. The lowest BCUT2D eigenvalue weighted by atomic mass is 10.0. The highest BCUT2D eigenvalue weighted by Gasteiger charge is 2.25. The molecule has 6 nitrogen and oxygen atoms in total. The predicted molar refractivity (Wildman–Crippen MR) is 113 cm³/mol. The van der Waals surface area contributed by atoms with Crippen LogP contribution in [-0.2, 0) is 0 Å². The fourth-order valence-corrected chi connectivity index (χ4v) is 4.27. The summed E-state index contributed by atoms with van der Waals surface area (Å²) in [5.74, 6) is 2.38. The van der Waals surface area contributed by atoms with E-state index in [1.54, 1.807) is 32.4 Å². The largest absolute Gasteiger partial charge is 0.493 e. The van der Waals surface area contributed by atoms with Crippen LogP contribution in [0.2, 0.25) is 0 Å². The van der Waals surface area contributed by atoms with Crippen LogP contribution in [-0.4, -0.2) is 54.1 Å². The number of aryl methyl sites for hydroxylation is 1. The molecule has 1 fully saturated rings. The topological polar surface area (TPSA) is 56.6 Å². The van der Waals surface area contributed by atoms with Gasteiger partial charge in [-0.05, 0) is 50.1 Å². The number of fused-ring (bicyclic) bond motifs is 1. The van der Waals surface area contributed by atoms with Gasteiger partial charge >= 0.3 is 0 Å². The van der Waals surface area contributed by atoms with Gasteiger partial charge in [-0.3, -0.25) is 9.69 Å². The molecule has 0 spiro atoms. The van der Waals surface area contributed by atoms with Crippen LogP contribution in [0, 0.1) is 6.92 Å². The third-order valence-electron chi connectivity index (χ3n) is 5.77. The number of Topliss-reactive ketones (excluding diaryl/α,β-unsaturated/α-hetero) is 1. The molecular weight excluding hydrogens is 366 g/mol. The van der Waals surface area contributed by atoms with E-state index in [-0.39, 0.29) is 5.78 Å². The first kappa shape index (κ1) is 19.5. The van der Waals surface area contributed by atoms with E-state index in [1.807, 2.05) is 6.07 Å². The molecular formula is C23H27N3O3. The maximum absolute atomic E-state index is 12.8. The Morgan fingerprint density at radius 2 is 1.79 bits per heavy atom. The van der Waals surface area contributed by atoms with Crippen molar-refractivity contribution in [3.05, 3.63) is 53.9 Å². The molecule has 0 bridgehead atoms. The van der Waals surface area contributed by atoms with Gasteiger partial charge < -0.3 is 14.0 Å². The smallest absolute Gasteiger partial charge is 0.176 e. The number of piperidine rings is 1.